The van der Waals surface area contributed by atoms with Crippen LogP contribution in [0.5, 0.6) is 5.75 Å². The number of aromatic nitrogens is 2. The van der Waals surface area contributed by atoms with E-state index < -0.39 is 5.60 Å². The summed E-state index contributed by atoms with van der Waals surface area (Å²) in [6.45, 7) is 6.51. The van der Waals surface area contributed by atoms with Crippen LogP contribution in [-0.4, -0.2) is 52.5 Å². The minimum atomic E-state index is -0.568. The van der Waals surface area contributed by atoms with Crippen molar-refractivity contribution in [3.05, 3.63) is 71.8 Å². The minimum absolute atomic E-state index is 0.0344. The lowest BCUT2D eigenvalue weighted by molar-refractivity contribution is 0.0203. The molecule has 3 aromatic rings. The van der Waals surface area contributed by atoms with Crippen molar-refractivity contribution in [2.75, 3.05) is 25.5 Å². The van der Waals surface area contributed by atoms with Crippen LogP contribution in [0, 0.1) is 5.82 Å². The summed E-state index contributed by atoms with van der Waals surface area (Å²) >= 11 is 0. The van der Waals surface area contributed by atoms with Gasteiger partial charge in [0, 0.05) is 24.7 Å². The smallest absolute Gasteiger partial charge is 0.410 e. The van der Waals surface area contributed by atoms with Gasteiger partial charge in [-0.05, 0) is 82.1 Å². The SMILES string of the molecule is COc1ccc(NC(=O)c2cnn(-c3ccc(F)cc3)c2C2CCN(C(=O)OC(C)(C)C)CC2)cc1. The van der Waals surface area contributed by atoms with Crippen molar-refractivity contribution in [1.82, 2.24) is 14.7 Å². The molecule has 2 aromatic carbocycles. The van der Waals surface area contributed by atoms with Gasteiger partial charge >= 0.3 is 6.09 Å². The second-order valence-corrected chi connectivity index (χ2v) is 9.76. The third-order valence-electron chi connectivity index (χ3n) is 6.00. The number of methoxy groups -OCH3 is 1. The predicted molar refractivity (Wildman–Crippen MR) is 134 cm³/mol. The van der Waals surface area contributed by atoms with Gasteiger partial charge in [0.15, 0.2) is 0 Å². The summed E-state index contributed by atoms with van der Waals surface area (Å²) in [4.78, 5) is 27.5. The number of rotatable bonds is 5. The van der Waals surface area contributed by atoms with E-state index in [9.17, 15) is 14.0 Å². The van der Waals surface area contributed by atoms with E-state index in [0.29, 0.717) is 48.6 Å². The second-order valence-electron chi connectivity index (χ2n) is 9.76. The largest absolute Gasteiger partial charge is 0.497 e. The molecule has 2 heterocycles. The molecule has 2 amide bonds. The van der Waals surface area contributed by atoms with E-state index >= 15 is 0 Å². The molecule has 0 saturated carbocycles. The van der Waals surface area contributed by atoms with E-state index in [1.807, 2.05) is 20.8 Å². The number of likely N-dealkylation sites (tertiary alicyclic amines) is 1. The van der Waals surface area contributed by atoms with E-state index in [-0.39, 0.29) is 23.7 Å². The Kier molecular flexibility index (Phi) is 7.28. The maximum atomic E-state index is 13.6. The maximum Gasteiger partial charge on any atom is 0.410 e. The Labute approximate surface area is 210 Å². The number of carbonyl (C=O) groups excluding carboxylic acids is 2. The molecule has 4 rings (SSSR count). The number of hydrogen-bond acceptors (Lipinski definition) is 5. The van der Waals surface area contributed by atoms with Gasteiger partial charge in [-0.2, -0.15) is 5.10 Å². The van der Waals surface area contributed by atoms with Crippen LogP contribution >= 0.6 is 0 Å². The number of hydrogen-bond donors (Lipinski definition) is 1. The molecule has 1 N–H and O–H groups in total. The molecule has 0 atom stereocenters. The van der Waals surface area contributed by atoms with Gasteiger partial charge in [0.1, 0.15) is 17.2 Å². The van der Waals surface area contributed by atoms with Crippen molar-refractivity contribution in [2.24, 2.45) is 0 Å². The van der Waals surface area contributed by atoms with Gasteiger partial charge in [0.05, 0.1) is 30.3 Å². The Balaban J connectivity index is 1.60. The van der Waals surface area contributed by atoms with Crippen molar-refractivity contribution in [3.8, 4) is 11.4 Å². The Morgan fingerprint density at radius 2 is 1.67 bits per heavy atom. The highest BCUT2D eigenvalue weighted by Crippen LogP contribution is 2.33. The quantitative estimate of drug-likeness (QED) is 0.514. The molecule has 1 fully saturated rings. The van der Waals surface area contributed by atoms with Crippen LogP contribution < -0.4 is 10.1 Å². The van der Waals surface area contributed by atoms with Crippen molar-refractivity contribution in [1.29, 1.82) is 0 Å². The van der Waals surface area contributed by atoms with E-state index in [1.165, 1.54) is 18.3 Å². The third-order valence-corrected chi connectivity index (χ3v) is 6.00. The van der Waals surface area contributed by atoms with E-state index in [2.05, 4.69) is 10.4 Å². The summed E-state index contributed by atoms with van der Waals surface area (Å²) in [5.41, 5.74) is 1.88. The number of nitrogens with zero attached hydrogens (tertiary/aromatic N) is 3. The van der Waals surface area contributed by atoms with Gasteiger partial charge in [0.2, 0.25) is 0 Å². The Hall–Kier alpha value is -3.88. The van der Waals surface area contributed by atoms with Gasteiger partial charge < -0.3 is 19.7 Å². The Bertz CT molecular complexity index is 1210. The summed E-state index contributed by atoms with van der Waals surface area (Å²) < 4.78 is 26.0. The molecule has 1 aliphatic heterocycles. The van der Waals surface area contributed by atoms with Gasteiger partial charge in [-0.25, -0.2) is 13.9 Å². The molecule has 0 unspecified atom stereocenters. The molecular weight excluding hydrogens is 463 g/mol. The first-order valence-corrected chi connectivity index (χ1v) is 11.9. The zero-order chi connectivity index (χ0) is 25.9. The zero-order valence-corrected chi connectivity index (χ0v) is 21.0. The van der Waals surface area contributed by atoms with Gasteiger partial charge in [-0.15, -0.1) is 0 Å². The number of benzene rings is 2. The van der Waals surface area contributed by atoms with Crippen molar-refractivity contribution in [2.45, 2.75) is 45.1 Å². The lowest BCUT2D eigenvalue weighted by atomic mass is 9.90. The van der Waals surface area contributed by atoms with Crippen LogP contribution in [0.3, 0.4) is 0 Å². The van der Waals surface area contributed by atoms with E-state index in [4.69, 9.17) is 9.47 Å². The number of amides is 2. The highest BCUT2D eigenvalue weighted by Gasteiger charge is 2.32. The summed E-state index contributed by atoms with van der Waals surface area (Å²) in [5, 5.41) is 7.42. The van der Waals surface area contributed by atoms with Crippen LogP contribution in [0.1, 0.15) is 55.6 Å². The van der Waals surface area contributed by atoms with Gasteiger partial charge in [0.25, 0.3) is 5.91 Å². The minimum Gasteiger partial charge on any atom is -0.497 e. The summed E-state index contributed by atoms with van der Waals surface area (Å²) in [7, 11) is 1.58. The van der Waals surface area contributed by atoms with Crippen LogP contribution in [0.2, 0.25) is 0 Å². The first-order valence-electron chi connectivity index (χ1n) is 11.9. The lowest BCUT2D eigenvalue weighted by Crippen LogP contribution is -2.41. The first-order chi connectivity index (χ1) is 17.1. The number of halogens is 1. The molecule has 0 bridgehead atoms. The Morgan fingerprint density at radius 3 is 2.25 bits per heavy atom. The van der Waals surface area contributed by atoms with Crippen molar-refractivity contribution >= 4 is 17.7 Å². The number of nitrogens with one attached hydrogen (secondary N) is 1. The fourth-order valence-corrected chi connectivity index (χ4v) is 4.25. The molecule has 9 heteroatoms. The molecule has 0 aliphatic carbocycles. The fraction of sp³-hybridized carbons (Fsp3) is 0.370. The molecule has 190 valence electrons. The number of ether oxygens (including phenoxy) is 2. The molecule has 8 nitrogen and oxygen atoms in total. The number of carbonyl (C=O) groups is 2. The zero-order valence-electron chi connectivity index (χ0n) is 21.0. The highest BCUT2D eigenvalue weighted by atomic mass is 19.1. The average molecular weight is 495 g/mol. The average Bonchev–Trinajstić information content (AvgIpc) is 3.29. The second kappa shape index (κ2) is 10.4. The first kappa shape index (κ1) is 25.2. The van der Waals surface area contributed by atoms with Crippen LogP contribution in [0.4, 0.5) is 14.9 Å². The van der Waals surface area contributed by atoms with E-state index in [1.54, 1.807) is 53.1 Å². The molecule has 0 radical (unpaired) electrons. The third kappa shape index (κ3) is 5.84. The lowest BCUT2D eigenvalue weighted by Gasteiger charge is -2.34. The standard InChI is InChI=1S/C27H31FN4O4/c1-27(2,3)36-26(34)31-15-13-18(14-16-31)24-23(17-29-32(24)21-9-5-19(28)6-10-21)25(33)30-20-7-11-22(35-4)12-8-20/h5-12,17-18H,13-16H2,1-4H3,(H,30,33). The van der Waals surface area contributed by atoms with Crippen molar-refractivity contribution in [3.63, 3.8) is 0 Å². The number of piperidine rings is 1. The molecule has 36 heavy (non-hydrogen) atoms. The fourth-order valence-electron chi connectivity index (χ4n) is 4.25. The molecule has 0 spiro atoms. The van der Waals surface area contributed by atoms with E-state index in [0.717, 1.165) is 5.69 Å². The Morgan fingerprint density at radius 1 is 1.03 bits per heavy atom. The molecule has 1 aliphatic rings. The van der Waals surface area contributed by atoms with Crippen molar-refractivity contribution < 1.29 is 23.5 Å². The molecule has 1 aromatic heterocycles. The summed E-state index contributed by atoms with van der Waals surface area (Å²) in [6.07, 6.45) is 2.47. The van der Waals surface area contributed by atoms with Gasteiger partial charge in [-0.3, -0.25) is 4.79 Å². The molecule has 1 saturated heterocycles. The van der Waals surface area contributed by atoms with Gasteiger partial charge in [-0.1, -0.05) is 0 Å². The summed E-state index contributed by atoms with van der Waals surface area (Å²) in [5.74, 6) is 0.0103. The monoisotopic (exact) mass is 494 g/mol. The topological polar surface area (TPSA) is 85.7 Å². The van der Waals surface area contributed by atoms with Crippen LogP contribution in [0.25, 0.3) is 5.69 Å². The highest BCUT2D eigenvalue weighted by molar-refractivity contribution is 6.05. The van der Waals surface area contributed by atoms with Crippen LogP contribution in [0.15, 0.2) is 54.7 Å². The maximum absolute atomic E-state index is 13.6. The molecular formula is C27H31FN4O4. The predicted octanol–water partition coefficient (Wildman–Crippen LogP) is 5.39. The van der Waals surface area contributed by atoms with Crippen LogP contribution in [-0.2, 0) is 4.74 Å². The summed E-state index contributed by atoms with van der Waals surface area (Å²) in [6, 6.07) is 13.1. The number of anilines is 1. The normalized spacial score (nSPS) is 14.4.